The number of aliphatic hydroxyl groups excluding tert-OH is 2. The lowest BCUT2D eigenvalue weighted by Crippen LogP contribution is -2.38. The van der Waals surface area contributed by atoms with Crippen LogP contribution in [0, 0.1) is 0 Å². The maximum Gasteiger partial charge on any atom is 0.407 e. The third-order valence-corrected chi connectivity index (χ3v) is 2.27. The maximum atomic E-state index is 11.2. The van der Waals surface area contributed by atoms with Crippen molar-refractivity contribution in [2.75, 3.05) is 39.4 Å². The van der Waals surface area contributed by atoms with Crippen LogP contribution in [0.5, 0.6) is 0 Å². The van der Waals surface area contributed by atoms with Gasteiger partial charge in [-0.2, -0.15) is 0 Å². The van der Waals surface area contributed by atoms with E-state index >= 15 is 0 Å². The van der Waals surface area contributed by atoms with Gasteiger partial charge in [-0.05, 0) is 13.8 Å². The van der Waals surface area contributed by atoms with E-state index in [4.69, 9.17) is 19.7 Å². The molecule has 124 valence electrons. The van der Waals surface area contributed by atoms with Crippen molar-refractivity contribution in [3.63, 3.8) is 0 Å². The molecule has 2 atom stereocenters. The largest absolute Gasteiger partial charge is 0.444 e. The van der Waals surface area contributed by atoms with Gasteiger partial charge in [-0.25, -0.2) is 9.59 Å². The number of carbonyl (C=O) groups is 2. The summed E-state index contributed by atoms with van der Waals surface area (Å²) in [6.45, 7) is 4.47. The van der Waals surface area contributed by atoms with Gasteiger partial charge in [0, 0.05) is 26.2 Å². The van der Waals surface area contributed by atoms with E-state index in [1.165, 1.54) is 0 Å². The quantitative estimate of drug-likeness (QED) is 0.320. The molecule has 0 rings (SSSR count). The van der Waals surface area contributed by atoms with Crippen LogP contribution in [-0.4, -0.2) is 74.0 Å². The number of rotatable bonds is 10. The topological polar surface area (TPSA) is 129 Å². The van der Waals surface area contributed by atoms with Crippen LogP contribution in [0.2, 0.25) is 0 Å². The highest BCUT2D eigenvalue weighted by Gasteiger charge is 2.07. The summed E-state index contributed by atoms with van der Waals surface area (Å²) in [6.07, 6.45) is -2.24. The van der Waals surface area contributed by atoms with Crippen molar-refractivity contribution in [1.82, 2.24) is 16.0 Å². The van der Waals surface area contributed by atoms with Crippen LogP contribution in [-0.2, 0) is 9.47 Å². The number of alkyl carbamates (subject to hydrolysis) is 2. The maximum absolute atomic E-state index is 11.2. The van der Waals surface area contributed by atoms with Crippen molar-refractivity contribution in [2.24, 2.45) is 0 Å². The van der Waals surface area contributed by atoms with Gasteiger partial charge in [-0.3, -0.25) is 0 Å². The Morgan fingerprint density at radius 2 is 1.24 bits per heavy atom. The number of hydrogen-bond donors (Lipinski definition) is 5. The molecule has 21 heavy (non-hydrogen) atoms. The fourth-order valence-electron chi connectivity index (χ4n) is 1.15. The highest BCUT2D eigenvalue weighted by atomic mass is 16.6. The Bertz CT molecular complexity index is 275. The Morgan fingerprint density at radius 3 is 1.57 bits per heavy atom. The van der Waals surface area contributed by atoms with Crippen molar-refractivity contribution < 1.29 is 29.3 Å². The van der Waals surface area contributed by atoms with Crippen molar-refractivity contribution in [1.29, 1.82) is 0 Å². The average molecular weight is 307 g/mol. The Hall–Kier alpha value is -1.58. The Labute approximate surface area is 124 Å². The third-order valence-electron chi connectivity index (χ3n) is 2.27. The van der Waals surface area contributed by atoms with E-state index < -0.39 is 24.4 Å². The molecule has 0 aliphatic heterocycles. The van der Waals surface area contributed by atoms with Crippen LogP contribution in [0.3, 0.4) is 0 Å². The highest BCUT2D eigenvalue weighted by molar-refractivity contribution is 5.67. The summed E-state index contributed by atoms with van der Waals surface area (Å²) in [5.74, 6) is 0. The van der Waals surface area contributed by atoms with Crippen LogP contribution >= 0.6 is 0 Å². The van der Waals surface area contributed by atoms with Crippen LogP contribution in [0.4, 0.5) is 9.59 Å². The predicted octanol–water partition coefficient (Wildman–Crippen LogP) is -1.21. The summed E-state index contributed by atoms with van der Waals surface area (Å²) < 4.78 is 9.57. The molecule has 9 nitrogen and oxygen atoms in total. The second kappa shape index (κ2) is 12.2. The lowest BCUT2D eigenvalue weighted by Gasteiger charge is -2.12. The van der Waals surface area contributed by atoms with Gasteiger partial charge in [0.25, 0.3) is 0 Å². The Balaban J connectivity index is 3.40. The van der Waals surface area contributed by atoms with Gasteiger partial charge in [0.05, 0.1) is 13.2 Å². The molecule has 0 saturated carbocycles. The van der Waals surface area contributed by atoms with Crippen molar-refractivity contribution in [3.05, 3.63) is 0 Å². The summed E-state index contributed by atoms with van der Waals surface area (Å²) in [4.78, 5) is 22.3. The molecular formula is C12H25N3O6. The minimum Gasteiger partial charge on any atom is -0.444 e. The number of carbonyl (C=O) groups excluding carboxylic acids is 2. The molecule has 0 saturated heterocycles. The van der Waals surface area contributed by atoms with E-state index in [-0.39, 0.29) is 13.2 Å². The van der Waals surface area contributed by atoms with Gasteiger partial charge >= 0.3 is 12.2 Å². The van der Waals surface area contributed by atoms with Crippen molar-refractivity contribution in [2.45, 2.75) is 26.1 Å². The molecular weight excluding hydrogens is 282 g/mol. The Morgan fingerprint density at radius 1 is 0.857 bits per heavy atom. The van der Waals surface area contributed by atoms with Gasteiger partial charge in [0.1, 0.15) is 12.2 Å². The van der Waals surface area contributed by atoms with Crippen molar-refractivity contribution >= 4 is 12.2 Å². The molecule has 0 aromatic carbocycles. The number of amides is 2. The summed E-state index contributed by atoms with van der Waals surface area (Å²) in [6, 6.07) is 0. The molecule has 2 unspecified atom stereocenters. The number of hydrogen-bond acceptors (Lipinski definition) is 7. The molecule has 9 heteroatoms. The first-order valence-corrected chi connectivity index (χ1v) is 6.81. The van der Waals surface area contributed by atoms with E-state index in [2.05, 4.69) is 16.0 Å². The lowest BCUT2D eigenvalue weighted by molar-refractivity contribution is 0.0682. The smallest absolute Gasteiger partial charge is 0.407 e. The predicted molar refractivity (Wildman–Crippen MR) is 74.9 cm³/mol. The van der Waals surface area contributed by atoms with E-state index in [1.807, 2.05) is 0 Å². The first-order chi connectivity index (χ1) is 9.99. The SMILES string of the molecule is CC(CO)OC(=O)NCCNCCNC(=O)OC(C)CO. The molecule has 0 radical (unpaired) electrons. The fourth-order valence-corrected chi connectivity index (χ4v) is 1.15. The first-order valence-electron chi connectivity index (χ1n) is 6.81. The zero-order valence-corrected chi connectivity index (χ0v) is 12.4. The number of ether oxygens (including phenoxy) is 2. The van der Waals surface area contributed by atoms with Crippen LogP contribution in [0.25, 0.3) is 0 Å². The molecule has 0 heterocycles. The zero-order valence-electron chi connectivity index (χ0n) is 12.4. The Kier molecular flexibility index (Phi) is 11.3. The monoisotopic (exact) mass is 307 g/mol. The van der Waals surface area contributed by atoms with Crippen molar-refractivity contribution in [3.8, 4) is 0 Å². The normalized spacial score (nSPS) is 13.1. The number of nitrogens with one attached hydrogen (secondary N) is 3. The standard InChI is InChI=1S/C12H25N3O6/c1-9(7-16)20-11(18)14-5-3-13-4-6-15-12(19)21-10(2)8-17/h9-10,13,16-17H,3-8H2,1-2H3,(H,14,18)(H,15,19). The summed E-state index contributed by atoms with van der Waals surface area (Å²) in [5.41, 5.74) is 0. The molecule has 2 amide bonds. The van der Waals surface area contributed by atoms with Gasteiger partial charge in [-0.15, -0.1) is 0 Å². The first kappa shape index (κ1) is 19.4. The second-order valence-electron chi connectivity index (χ2n) is 4.40. The fraction of sp³-hybridized carbons (Fsp3) is 0.833. The molecule has 0 bridgehead atoms. The molecule has 0 aliphatic rings. The van der Waals surface area contributed by atoms with Crippen LogP contribution < -0.4 is 16.0 Å². The van der Waals surface area contributed by atoms with E-state index in [1.54, 1.807) is 13.8 Å². The van der Waals surface area contributed by atoms with Crippen LogP contribution in [0.15, 0.2) is 0 Å². The summed E-state index contributed by atoms with van der Waals surface area (Å²) in [7, 11) is 0. The van der Waals surface area contributed by atoms with Gasteiger partial charge < -0.3 is 35.6 Å². The van der Waals surface area contributed by atoms with Gasteiger partial charge in [0.15, 0.2) is 0 Å². The second-order valence-corrected chi connectivity index (χ2v) is 4.40. The lowest BCUT2D eigenvalue weighted by atomic mass is 10.4. The molecule has 0 fully saturated rings. The van der Waals surface area contributed by atoms with Gasteiger partial charge in [-0.1, -0.05) is 0 Å². The summed E-state index contributed by atoms with van der Waals surface area (Å²) in [5, 5.41) is 25.4. The average Bonchev–Trinajstić information content (AvgIpc) is 2.45. The van der Waals surface area contributed by atoms with E-state index in [9.17, 15) is 9.59 Å². The molecule has 0 aromatic rings. The van der Waals surface area contributed by atoms with E-state index in [0.29, 0.717) is 26.2 Å². The minimum atomic E-state index is -0.585. The summed E-state index contributed by atoms with van der Waals surface area (Å²) >= 11 is 0. The molecule has 5 N–H and O–H groups in total. The highest BCUT2D eigenvalue weighted by Crippen LogP contribution is 1.89. The van der Waals surface area contributed by atoms with E-state index in [0.717, 1.165) is 0 Å². The molecule has 0 spiro atoms. The van der Waals surface area contributed by atoms with Crippen LogP contribution in [0.1, 0.15) is 13.8 Å². The number of aliphatic hydroxyl groups is 2. The van der Waals surface area contributed by atoms with Gasteiger partial charge in [0.2, 0.25) is 0 Å². The zero-order chi connectivity index (χ0) is 16.1. The molecule has 0 aliphatic carbocycles. The molecule has 0 aromatic heterocycles. The third kappa shape index (κ3) is 11.9. The minimum absolute atomic E-state index is 0.220.